The summed E-state index contributed by atoms with van der Waals surface area (Å²) in [6.07, 6.45) is -0.442. The van der Waals surface area contributed by atoms with Crippen LogP contribution in [-0.4, -0.2) is 18.6 Å². The van der Waals surface area contributed by atoms with Crippen molar-refractivity contribution >= 4 is 12.0 Å². The number of ether oxygens (including phenoxy) is 1. The Labute approximate surface area is 106 Å². The van der Waals surface area contributed by atoms with Crippen molar-refractivity contribution < 1.29 is 14.3 Å². The number of amides is 2. The Hall–Kier alpha value is -2.04. The second kappa shape index (κ2) is 6.64. The van der Waals surface area contributed by atoms with E-state index in [4.69, 9.17) is 10.5 Å². The van der Waals surface area contributed by atoms with Gasteiger partial charge in [0.15, 0.2) is 0 Å². The summed E-state index contributed by atoms with van der Waals surface area (Å²) in [6.45, 7) is 4.69. The molecule has 98 valence electrons. The lowest BCUT2D eigenvalue weighted by Gasteiger charge is -2.08. The van der Waals surface area contributed by atoms with E-state index in [1.54, 1.807) is 24.3 Å². The average Bonchev–Trinajstić information content (AvgIpc) is 2.34. The molecule has 0 heterocycles. The lowest BCUT2D eigenvalue weighted by molar-refractivity contribution is 0.1000. The van der Waals surface area contributed by atoms with Gasteiger partial charge in [-0.3, -0.25) is 4.79 Å². The lowest BCUT2D eigenvalue weighted by atomic mass is 10.1. The summed E-state index contributed by atoms with van der Waals surface area (Å²) in [4.78, 5) is 22.1. The van der Waals surface area contributed by atoms with Crippen LogP contribution in [0.15, 0.2) is 24.3 Å². The molecular weight excluding hydrogens is 232 g/mol. The van der Waals surface area contributed by atoms with Gasteiger partial charge in [0.2, 0.25) is 5.91 Å². The number of benzene rings is 1. The molecule has 0 aromatic heterocycles. The third-order valence-electron chi connectivity index (χ3n) is 2.22. The number of hydrogen-bond donors (Lipinski definition) is 2. The molecule has 18 heavy (non-hydrogen) atoms. The van der Waals surface area contributed by atoms with E-state index in [2.05, 4.69) is 5.32 Å². The average molecular weight is 250 g/mol. The van der Waals surface area contributed by atoms with Crippen LogP contribution in [0.2, 0.25) is 0 Å². The highest BCUT2D eigenvalue weighted by atomic mass is 16.5. The summed E-state index contributed by atoms with van der Waals surface area (Å²) >= 11 is 0. The molecule has 0 atom stereocenters. The third kappa shape index (κ3) is 4.86. The molecule has 1 rings (SSSR count). The van der Waals surface area contributed by atoms with Gasteiger partial charge < -0.3 is 15.8 Å². The first-order chi connectivity index (χ1) is 8.49. The van der Waals surface area contributed by atoms with Crippen LogP contribution < -0.4 is 11.1 Å². The van der Waals surface area contributed by atoms with E-state index in [0.717, 1.165) is 5.56 Å². The Bertz CT molecular complexity index is 413. The predicted molar refractivity (Wildman–Crippen MR) is 68.0 cm³/mol. The van der Waals surface area contributed by atoms with E-state index >= 15 is 0 Å². The second-order valence-electron chi connectivity index (χ2n) is 4.41. The van der Waals surface area contributed by atoms with Crippen LogP contribution >= 0.6 is 0 Å². The van der Waals surface area contributed by atoms with Gasteiger partial charge in [-0.1, -0.05) is 26.0 Å². The normalized spacial score (nSPS) is 10.2. The second-order valence-corrected chi connectivity index (χ2v) is 4.41. The van der Waals surface area contributed by atoms with Crippen LogP contribution in [0.5, 0.6) is 0 Å². The zero-order valence-electron chi connectivity index (χ0n) is 10.6. The fraction of sp³-hybridized carbons (Fsp3) is 0.385. The summed E-state index contributed by atoms with van der Waals surface area (Å²) in [7, 11) is 0. The van der Waals surface area contributed by atoms with Crippen molar-refractivity contribution in [1.29, 1.82) is 0 Å². The van der Waals surface area contributed by atoms with Crippen molar-refractivity contribution in [2.45, 2.75) is 20.4 Å². The monoisotopic (exact) mass is 250 g/mol. The van der Waals surface area contributed by atoms with Gasteiger partial charge in [0.1, 0.15) is 0 Å². The van der Waals surface area contributed by atoms with Crippen molar-refractivity contribution in [3.8, 4) is 0 Å². The lowest BCUT2D eigenvalue weighted by Crippen LogP contribution is -2.25. The molecular formula is C13H18N2O3. The Morgan fingerprint density at radius 1 is 1.28 bits per heavy atom. The maximum absolute atomic E-state index is 11.3. The molecule has 0 saturated carbocycles. The van der Waals surface area contributed by atoms with E-state index in [0.29, 0.717) is 24.6 Å². The van der Waals surface area contributed by atoms with Gasteiger partial charge in [-0.05, 0) is 23.6 Å². The molecule has 1 aromatic rings. The number of carbonyl (C=O) groups excluding carboxylic acids is 2. The van der Waals surface area contributed by atoms with Crippen molar-refractivity contribution in [1.82, 2.24) is 5.32 Å². The molecule has 5 heteroatoms. The van der Waals surface area contributed by atoms with Crippen LogP contribution in [-0.2, 0) is 11.3 Å². The van der Waals surface area contributed by atoms with Gasteiger partial charge in [-0.25, -0.2) is 4.79 Å². The van der Waals surface area contributed by atoms with E-state index in [1.165, 1.54) is 0 Å². The van der Waals surface area contributed by atoms with Crippen LogP contribution in [0.25, 0.3) is 0 Å². The van der Waals surface area contributed by atoms with Crippen molar-refractivity contribution in [2.24, 2.45) is 11.7 Å². The molecule has 0 bridgehead atoms. The van der Waals surface area contributed by atoms with Crippen LogP contribution in [0.4, 0.5) is 4.79 Å². The third-order valence-corrected chi connectivity index (χ3v) is 2.22. The molecule has 0 aliphatic rings. The summed E-state index contributed by atoms with van der Waals surface area (Å²) in [6, 6.07) is 6.73. The maximum atomic E-state index is 11.3. The van der Waals surface area contributed by atoms with Gasteiger partial charge in [0.05, 0.1) is 6.61 Å². The number of primary amides is 1. The van der Waals surface area contributed by atoms with Gasteiger partial charge >= 0.3 is 6.09 Å². The zero-order valence-corrected chi connectivity index (χ0v) is 10.6. The predicted octanol–water partition coefficient (Wildman–Crippen LogP) is 1.67. The Kier molecular flexibility index (Phi) is 5.17. The van der Waals surface area contributed by atoms with E-state index in [-0.39, 0.29) is 0 Å². The molecule has 2 amide bonds. The summed E-state index contributed by atoms with van der Waals surface area (Å²) in [5, 5.41) is 2.63. The molecule has 0 aliphatic heterocycles. The van der Waals surface area contributed by atoms with Crippen LogP contribution in [0, 0.1) is 5.92 Å². The fourth-order valence-electron chi connectivity index (χ4n) is 1.25. The number of alkyl carbamates (subject to hydrolysis) is 1. The van der Waals surface area contributed by atoms with Crippen molar-refractivity contribution in [3.63, 3.8) is 0 Å². The molecule has 1 aromatic carbocycles. The highest BCUT2D eigenvalue weighted by molar-refractivity contribution is 5.92. The summed E-state index contributed by atoms with van der Waals surface area (Å²) in [5.74, 6) is -0.156. The van der Waals surface area contributed by atoms with Gasteiger partial charge in [-0.15, -0.1) is 0 Å². The summed E-state index contributed by atoms with van der Waals surface area (Å²) in [5.41, 5.74) is 6.45. The number of nitrogens with one attached hydrogen (secondary N) is 1. The van der Waals surface area contributed by atoms with Crippen LogP contribution in [0.3, 0.4) is 0 Å². The summed E-state index contributed by atoms with van der Waals surface area (Å²) < 4.78 is 4.96. The van der Waals surface area contributed by atoms with Crippen molar-refractivity contribution in [2.75, 3.05) is 6.61 Å². The molecule has 0 saturated heterocycles. The van der Waals surface area contributed by atoms with E-state index < -0.39 is 12.0 Å². The maximum Gasteiger partial charge on any atom is 0.407 e. The van der Waals surface area contributed by atoms with Gasteiger partial charge in [-0.2, -0.15) is 0 Å². The van der Waals surface area contributed by atoms with Gasteiger partial charge in [0.25, 0.3) is 0 Å². The van der Waals surface area contributed by atoms with Crippen molar-refractivity contribution in [3.05, 3.63) is 35.4 Å². The highest BCUT2D eigenvalue weighted by Gasteiger charge is 2.04. The Balaban J connectivity index is 2.39. The largest absolute Gasteiger partial charge is 0.449 e. The molecule has 0 radical (unpaired) electrons. The minimum atomic E-state index is -0.467. The van der Waals surface area contributed by atoms with Gasteiger partial charge in [0, 0.05) is 12.1 Å². The zero-order chi connectivity index (χ0) is 13.5. The highest BCUT2D eigenvalue weighted by Crippen LogP contribution is 2.03. The first kappa shape index (κ1) is 14.0. The minimum absolute atomic E-state index is 0.311. The number of hydrogen-bond acceptors (Lipinski definition) is 3. The Morgan fingerprint density at radius 3 is 2.39 bits per heavy atom. The number of rotatable bonds is 5. The quantitative estimate of drug-likeness (QED) is 0.834. The topological polar surface area (TPSA) is 81.4 Å². The molecule has 0 fully saturated rings. The molecule has 0 aliphatic carbocycles. The SMILES string of the molecule is CC(C)COC(=O)NCc1ccc(C(N)=O)cc1. The molecule has 5 nitrogen and oxygen atoms in total. The molecule has 0 unspecified atom stereocenters. The first-order valence-corrected chi connectivity index (χ1v) is 5.78. The number of nitrogens with two attached hydrogens (primary N) is 1. The molecule has 3 N–H and O–H groups in total. The first-order valence-electron chi connectivity index (χ1n) is 5.78. The Morgan fingerprint density at radius 2 is 1.89 bits per heavy atom. The van der Waals surface area contributed by atoms with E-state index in [9.17, 15) is 9.59 Å². The molecule has 0 spiro atoms. The van der Waals surface area contributed by atoms with Crippen LogP contribution in [0.1, 0.15) is 29.8 Å². The fourth-order valence-corrected chi connectivity index (χ4v) is 1.25. The van der Waals surface area contributed by atoms with E-state index in [1.807, 2.05) is 13.8 Å². The minimum Gasteiger partial charge on any atom is -0.449 e. The number of carbonyl (C=O) groups is 2. The smallest absolute Gasteiger partial charge is 0.407 e. The standard InChI is InChI=1S/C13H18N2O3/c1-9(2)8-18-13(17)15-7-10-3-5-11(6-4-10)12(14)16/h3-6,9H,7-8H2,1-2H3,(H2,14,16)(H,15,17).